The minimum Gasteiger partial charge on any atom is -0.337 e. The molecule has 6 heteroatoms. The number of hydrogen-bond acceptors (Lipinski definition) is 4. The average molecular weight is 220 g/mol. The topological polar surface area (TPSA) is 54.5 Å². The van der Waals surface area contributed by atoms with E-state index in [-0.39, 0.29) is 5.82 Å². The molecule has 0 spiro atoms. The number of H-pyrrole nitrogens is 1. The number of nitrogens with one attached hydrogen (secondary N) is 1. The van der Waals surface area contributed by atoms with E-state index in [0.717, 1.165) is 4.88 Å². The molecule has 1 aromatic carbocycles. The quantitative estimate of drug-likeness (QED) is 0.684. The van der Waals surface area contributed by atoms with Gasteiger partial charge in [0.25, 0.3) is 0 Å². The maximum absolute atomic E-state index is 13.3. The fraction of sp³-hybridized carbons (Fsp3) is 0. The molecular weight excluding hydrogens is 215 g/mol. The summed E-state index contributed by atoms with van der Waals surface area (Å²) < 4.78 is 17.1. The van der Waals surface area contributed by atoms with Gasteiger partial charge in [-0.1, -0.05) is 10.6 Å². The van der Waals surface area contributed by atoms with Crippen molar-refractivity contribution >= 4 is 22.6 Å². The van der Waals surface area contributed by atoms with Gasteiger partial charge in [0, 0.05) is 0 Å². The number of halogens is 1. The molecule has 0 aliphatic rings. The Labute approximate surface area is 88.0 Å². The van der Waals surface area contributed by atoms with Crippen LogP contribution in [0.2, 0.25) is 0 Å². The monoisotopic (exact) mass is 220 g/mol. The van der Waals surface area contributed by atoms with E-state index in [2.05, 4.69) is 19.6 Å². The van der Waals surface area contributed by atoms with Crippen molar-refractivity contribution in [2.45, 2.75) is 0 Å². The third-order valence-corrected chi connectivity index (χ3v) is 2.73. The van der Waals surface area contributed by atoms with Crippen LogP contribution in [0.5, 0.6) is 0 Å². The molecule has 0 radical (unpaired) electrons. The Morgan fingerprint density at radius 2 is 2.27 bits per heavy atom. The maximum atomic E-state index is 13.3. The molecule has 0 atom stereocenters. The summed E-state index contributed by atoms with van der Waals surface area (Å²) >= 11 is 1.22. The van der Waals surface area contributed by atoms with E-state index in [1.807, 2.05) is 0 Å². The van der Waals surface area contributed by atoms with Gasteiger partial charge in [-0.15, -0.1) is 5.10 Å². The molecule has 0 saturated heterocycles. The minimum absolute atomic E-state index is 0.326. The van der Waals surface area contributed by atoms with Gasteiger partial charge in [0.1, 0.15) is 10.4 Å². The molecule has 0 saturated carbocycles. The van der Waals surface area contributed by atoms with E-state index in [0.29, 0.717) is 16.9 Å². The highest BCUT2D eigenvalue weighted by Crippen LogP contribution is 2.23. The van der Waals surface area contributed by atoms with Gasteiger partial charge in [0.05, 0.1) is 11.7 Å². The normalized spacial score (nSPS) is 11.0. The number of benzene rings is 1. The zero-order chi connectivity index (χ0) is 10.3. The van der Waals surface area contributed by atoms with Gasteiger partial charge in [-0.25, -0.2) is 9.37 Å². The van der Waals surface area contributed by atoms with Gasteiger partial charge >= 0.3 is 0 Å². The van der Waals surface area contributed by atoms with Crippen molar-refractivity contribution in [3.05, 3.63) is 30.2 Å². The van der Waals surface area contributed by atoms with Gasteiger partial charge in [-0.05, 0) is 23.7 Å². The van der Waals surface area contributed by atoms with Crippen molar-refractivity contribution in [2.75, 3.05) is 0 Å². The first-order valence-corrected chi connectivity index (χ1v) is 5.04. The molecule has 4 nitrogen and oxygen atoms in total. The largest absolute Gasteiger partial charge is 0.337 e. The van der Waals surface area contributed by atoms with Gasteiger partial charge < -0.3 is 4.98 Å². The van der Waals surface area contributed by atoms with E-state index in [9.17, 15) is 4.39 Å². The Balaban J connectivity index is 2.27. The number of rotatable bonds is 1. The molecule has 0 aliphatic heterocycles. The Morgan fingerprint density at radius 1 is 1.33 bits per heavy atom. The van der Waals surface area contributed by atoms with Crippen LogP contribution in [0.3, 0.4) is 0 Å². The minimum atomic E-state index is -0.326. The van der Waals surface area contributed by atoms with Crippen LogP contribution in [-0.2, 0) is 0 Å². The summed E-state index contributed by atoms with van der Waals surface area (Å²) in [5, 5.41) is 3.71. The summed E-state index contributed by atoms with van der Waals surface area (Å²) in [4.78, 5) is 7.97. The summed E-state index contributed by atoms with van der Waals surface area (Å²) in [6, 6.07) is 4.81. The van der Waals surface area contributed by atoms with Crippen LogP contribution in [0, 0.1) is 5.82 Å². The van der Waals surface area contributed by atoms with Gasteiger partial charge in [0.2, 0.25) is 0 Å². The zero-order valence-electron chi connectivity index (χ0n) is 7.44. The molecule has 15 heavy (non-hydrogen) atoms. The van der Waals surface area contributed by atoms with Crippen molar-refractivity contribution in [1.29, 1.82) is 0 Å². The van der Waals surface area contributed by atoms with E-state index in [1.165, 1.54) is 17.6 Å². The van der Waals surface area contributed by atoms with Crippen LogP contribution in [-0.4, -0.2) is 19.6 Å². The van der Waals surface area contributed by atoms with Gasteiger partial charge in [-0.3, -0.25) is 0 Å². The summed E-state index contributed by atoms with van der Waals surface area (Å²) in [6.07, 6.45) is 1.60. The fourth-order valence-electron chi connectivity index (χ4n) is 1.39. The zero-order valence-corrected chi connectivity index (χ0v) is 8.25. The van der Waals surface area contributed by atoms with Gasteiger partial charge in [-0.2, -0.15) is 0 Å². The number of aromatic nitrogens is 4. The van der Waals surface area contributed by atoms with E-state index in [4.69, 9.17) is 0 Å². The second-order valence-corrected chi connectivity index (χ2v) is 3.79. The smallest absolute Gasteiger partial charge is 0.152 e. The van der Waals surface area contributed by atoms with E-state index < -0.39 is 0 Å². The lowest BCUT2D eigenvalue weighted by Crippen LogP contribution is -1.75. The molecule has 3 aromatic rings. The Morgan fingerprint density at radius 3 is 3.00 bits per heavy atom. The number of nitrogens with zero attached hydrogens (tertiary/aromatic N) is 3. The predicted molar refractivity (Wildman–Crippen MR) is 55.0 cm³/mol. The number of hydrogen-bond donors (Lipinski definition) is 1. The molecule has 0 amide bonds. The summed E-state index contributed by atoms with van der Waals surface area (Å²) in [7, 11) is 0. The second-order valence-electron chi connectivity index (χ2n) is 3.00. The fourth-order valence-corrected chi connectivity index (χ4v) is 1.85. The third kappa shape index (κ3) is 1.30. The molecule has 74 valence electrons. The molecular formula is C9H5FN4S. The highest BCUT2D eigenvalue weighted by molar-refractivity contribution is 7.09. The molecule has 2 aromatic heterocycles. The number of para-hydroxylation sites is 1. The molecule has 0 unspecified atom stereocenters. The van der Waals surface area contributed by atoms with Crippen LogP contribution >= 0.6 is 11.5 Å². The lowest BCUT2D eigenvalue weighted by molar-refractivity contribution is 0.637. The Kier molecular flexibility index (Phi) is 1.75. The van der Waals surface area contributed by atoms with E-state index >= 15 is 0 Å². The first-order chi connectivity index (χ1) is 7.34. The van der Waals surface area contributed by atoms with Crippen molar-refractivity contribution in [3.63, 3.8) is 0 Å². The molecule has 0 aliphatic carbocycles. The van der Waals surface area contributed by atoms with Crippen molar-refractivity contribution in [2.24, 2.45) is 0 Å². The Bertz CT molecular complexity index is 602. The van der Waals surface area contributed by atoms with Crippen LogP contribution in [0.15, 0.2) is 24.4 Å². The predicted octanol–water partition coefficient (Wildman–Crippen LogP) is 2.22. The number of fused-ring (bicyclic) bond motifs is 1. The summed E-state index contributed by atoms with van der Waals surface area (Å²) in [6.45, 7) is 0. The molecule has 3 rings (SSSR count). The van der Waals surface area contributed by atoms with Crippen LogP contribution in [0.25, 0.3) is 21.7 Å². The summed E-state index contributed by atoms with van der Waals surface area (Å²) in [5.41, 5.74) is 1.03. The molecule has 0 bridgehead atoms. The maximum Gasteiger partial charge on any atom is 0.152 e. The first kappa shape index (κ1) is 8.49. The first-order valence-electron chi connectivity index (χ1n) is 4.26. The van der Waals surface area contributed by atoms with Crippen LogP contribution in [0.1, 0.15) is 0 Å². The number of imidazole rings is 1. The van der Waals surface area contributed by atoms with Crippen molar-refractivity contribution in [3.8, 4) is 10.7 Å². The average Bonchev–Trinajstić information content (AvgIpc) is 2.86. The molecule has 2 heterocycles. The summed E-state index contributed by atoms with van der Waals surface area (Å²) in [5.74, 6) is 0.276. The Hall–Kier alpha value is -1.82. The van der Waals surface area contributed by atoms with Crippen molar-refractivity contribution < 1.29 is 4.39 Å². The van der Waals surface area contributed by atoms with Crippen LogP contribution in [0.4, 0.5) is 4.39 Å². The van der Waals surface area contributed by atoms with E-state index in [1.54, 1.807) is 18.3 Å². The molecule has 0 fully saturated rings. The lowest BCUT2D eigenvalue weighted by atomic mass is 10.3. The highest BCUT2D eigenvalue weighted by Gasteiger charge is 2.09. The second kappa shape index (κ2) is 3.09. The lowest BCUT2D eigenvalue weighted by Gasteiger charge is -1.86. The van der Waals surface area contributed by atoms with Crippen LogP contribution < -0.4 is 0 Å². The molecule has 1 N–H and O–H groups in total. The van der Waals surface area contributed by atoms with Gasteiger partial charge in [0.15, 0.2) is 11.6 Å². The SMILES string of the molecule is Fc1cccc2[nH]c(-c3cnns3)nc12. The number of aromatic amines is 1. The highest BCUT2D eigenvalue weighted by atomic mass is 32.1. The van der Waals surface area contributed by atoms with Crippen molar-refractivity contribution in [1.82, 2.24) is 19.6 Å². The third-order valence-electron chi connectivity index (χ3n) is 2.06. The standard InChI is InChI=1S/C9H5FN4S/c10-5-2-1-3-6-8(5)13-9(12-6)7-4-11-14-15-7/h1-4H,(H,12,13).